The number of halogens is 3. The number of carbonyl (C=O) groups is 3. The van der Waals surface area contributed by atoms with Crippen LogP contribution in [0.4, 0.5) is 18.9 Å². The Bertz CT molecular complexity index is 997. The molecule has 1 N–H and O–H groups in total. The number of rotatable bonds is 7. The number of carbonyl (C=O) groups excluding carboxylic acids is 3. The number of thioether (sulfide) groups is 1. The van der Waals surface area contributed by atoms with Crippen molar-refractivity contribution < 1.29 is 32.3 Å². The van der Waals surface area contributed by atoms with E-state index < -0.39 is 41.6 Å². The lowest BCUT2D eigenvalue weighted by Crippen LogP contribution is -2.29. The van der Waals surface area contributed by atoms with Gasteiger partial charge in [-0.2, -0.15) is 0 Å². The van der Waals surface area contributed by atoms with Crippen LogP contribution in [0.3, 0.4) is 0 Å². The van der Waals surface area contributed by atoms with Crippen LogP contribution in [0.1, 0.15) is 23.2 Å². The zero-order chi connectivity index (χ0) is 22.4. The molecule has 0 saturated carbocycles. The van der Waals surface area contributed by atoms with Gasteiger partial charge in [-0.3, -0.25) is 9.59 Å². The first-order valence-electron chi connectivity index (χ1n) is 9.47. The van der Waals surface area contributed by atoms with Crippen molar-refractivity contribution in [3.05, 3.63) is 59.4 Å². The number of esters is 1. The topological polar surface area (TPSA) is 75.7 Å². The van der Waals surface area contributed by atoms with E-state index >= 15 is 0 Å². The zero-order valence-electron chi connectivity index (χ0n) is 16.3. The largest absolute Gasteiger partial charge is 0.452 e. The molecule has 31 heavy (non-hydrogen) atoms. The van der Waals surface area contributed by atoms with Gasteiger partial charge in [0.1, 0.15) is 0 Å². The summed E-state index contributed by atoms with van der Waals surface area (Å²) in [6, 6.07) is 8.00. The molecule has 1 fully saturated rings. The van der Waals surface area contributed by atoms with Crippen LogP contribution in [-0.4, -0.2) is 48.1 Å². The molecule has 3 rings (SSSR count). The van der Waals surface area contributed by atoms with Crippen LogP contribution in [0.2, 0.25) is 0 Å². The Morgan fingerprint density at radius 1 is 1.00 bits per heavy atom. The summed E-state index contributed by atoms with van der Waals surface area (Å²) in [6.07, 6.45) is 1.96. The highest BCUT2D eigenvalue weighted by Gasteiger charge is 2.21. The molecule has 0 bridgehead atoms. The van der Waals surface area contributed by atoms with Crippen LogP contribution in [0, 0.1) is 17.5 Å². The fourth-order valence-electron chi connectivity index (χ4n) is 2.98. The maximum atomic E-state index is 13.6. The monoisotopic (exact) mass is 452 g/mol. The molecule has 2 aromatic carbocycles. The lowest BCUT2D eigenvalue weighted by molar-refractivity contribution is -0.127. The molecule has 1 aliphatic rings. The number of likely N-dealkylation sites (tertiary alicyclic amines) is 1. The number of anilines is 1. The Morgan fingerprint density at radius 3 is 2.45 bits per heavy atom. The lowest BCUT2D eigenvalue weighted by Gasteiger charge is -2.15. The van der Waals surface area contributed by atoms with E-state index in [-0.39, 0.29) is 17.2 Å². The number of nitrogens with one attached hydrogen (secondary N) is 1. The van der Waals surface area contributed by atoms with Gasteiger partial charge in [0, 0.05) is 18.0 Å². The van der Waals surface area contributed by atoms with E-state index in [1.54, 1.807) is 23.1 Å². The molecule has 2 aromatic rings. The predicted octanol–water partition coefficient (Wildman–Crippen LogP) is 3.61. The van der Waals surface area contributed by atoms with E-state index in [0.29, 0.717) is 11.0 Å². The van der Waals surface area contributed by atoms with E-state index in [1.807, 2.05) is 5.32 Å². The summed E-state index contributed by atoms with van der Waals surface area (Å²) in [6.45, 7) is 0.705. The second kappa shape index (κ2) is 10.3. The second-order valence-electron chi connectivity index (χ2n) is 6.72. The number of ether oxygens (including phenoxy) is 1. The van der Waals surface area contributed by atoms with Gasteiger partial charge < -0.3 is 15.0 Å². The molecule has 0 aromatic heterocycles. The fourth-order valence-corrected chi connectivity index (χ4v) is 3.92. The summed E-state index contributed by atoms with van der Waals surface area (Å²) < 4.78 is 44.8. The summed E-state index contributed by atoms with van der Waals surface area (Å²) in [5, 5.41) is 2.02. The number of benzene rings is 2. The predicted molar refractivity (Wildman–Crippen MR) is 108 cm³/mol. The van der Waals surface area contributed by atoms with E-state index in [2.05, 4.69) is 0 Å². The molecule has 164 valence electrons. The van der Waals surface area contributed by atoms with Crippen molar-refractivity contribution in [2.45, 2.75) is 17.7 Å². The summed E-state index contributed by atoms with van der Waals surface area (Å²) in [7, 11) is 0. The smallest absolute Gasteiger partial charge is 0.339 e. The molecule has 1 saturated heterocycles. The van der Waals surface area contributed by atoms with Crippen molar-refractivity contribution in [1.29, 1.82) is 0 Å². The minimum Gasteiger partial charge on any atom is -0.452 e. The highest BCUT2D eigenvalue weighted by Crippen LogP contribution is 2.24. The standard InChI is InChI=1S/C21H19F3N2O4S/c22-14-7-8-15(20(24)19(14)23)25-17(27)11-30-21(29)13-5-1-2-6-16(13)31-12-18(28)26-9-3-4-10-26/h1-2,5-8H,3-4,9-12H2,(H,25,27). The molecule has 6 nitrogen and oxygen atoms in total. The van der Waals surface area contributed by atoms with Crippen molar-refractivity contribution in [2.75, 3.05) is 30.8 Å². The molecule has 1 aliphatic heterocycles. The Labute approximate surface area is 180 Å². The molecular weight excluding hydrogens is 433 g/mol. The lowest BCUT2D eigenvalue weighted by atomic mass is 10.2. The molecule has 0 spiro atoms. The van der Waals surface area contributed by atoms with Gasteiger partial charge in [0.25, 0.3) is 5.91 Å². The quantitative estimate of drug-likeness (QED) is 0.395. The average molecular weight is 452 g/mol. The van der Waals surface area contributed by atoms with E-state index in [0.717, 1.165) is 32.0 Å². The van der Waals surface area contributed by atoms with Gasteiger partial charge >= 0.3 is 5.97 Å². The molecule has 0 unspecified atom stereocenters. The molecule has 0 radical (unpaired) electrons. The normalized spacial score (nSPS) is 13.2. The first kappa shape index (κ1) is 22.7. The minimum atomic E-state index is -1.72. The van der Waals surface area contributed by atoms with E-state index in [9.17, 15) is 27.6 Å². The third-order valence-corrected chi connectivity index (χ3v) is 5.62. The number of nitrogens with zero attached hydrogens (tertiary/aromatic N) is 1. The Morgan fingerprint density at radius 2 is 1.71 bits per heavy atom. The van der Waals surface area contributed by atoms with Gasteiger partial charge in [-0.1, -0.05) is 12.1 Å². The van der Waals surface area contributed by atoms with Crippen molar-refractivity contribution in [3.63, 3.8) is 0 Å². The molecule has 2 amide bonds. The third-order valence-electron chi connectivity index (χ3n) is 4.56. The van der Waals surface area contributed by atoms with Crippen molar-refractivity contribution in [1.82, 2.24) is 4.90 Å². The fraction of sp³-hybridized carbons (Fsp3) is 0.286. The highest BCUT2D eigenvalue weighted by atomic mass is 32.2. The molecule has 1 heterocycles. The molecule has 10 heteroatoms. The molecular formula is C21H19F3N2O4S. The number of hydrogen-bond acceptors (Lipinski definition) is 5. The number of amides is 2. The Balaban J connectivity index is 1.56. The van der Waals surface area contributed by atoms with Gasteiger partial charge in [-0.15, -0.1) is 11.8 Å². The van der Waals surface area contributed by atoms with Crippen LogP contribution in [0.25, 0.3) is 0 Å². The van der Waals surface area contributed by atoms with Crippen molar-refractivity contribution >= 4 is 35.2 Å². The van der Waals surface area contributed by atoms with Crippen LogP contribution in [0.15, 0.2) is 41.3 Å². The van der Waals surface area contributed by atoms with Gasteiger partial charge in [0.15, 0.2) is 24.1 Å². The van der Waals surface area contributed by atoms with Crippen LogP contribution < -0.4 is 5.32 Å². The first-order valence-corrected chi connectivity index (χ1v) is 10.5. The second-order valence-corrected chi connectivity index (χ2v) is 7.74. The van der Waals surface area contributed by atoms with Gasteiger partial charge in [-0.05, 0) is 37.1 Å². The van der Waals surface area contributed by atoms with E-state index in [4.69, 9.17) is 4.74 Å². The molecule has 0 atom stereocenters. The zero-order valence-corrected chi connectivity index (χ0v) is 17.1. The average Bonchev–Trinajstić information content (AvgIpc) is 3.31. The minimum absolute atomic E-state index is 0.0152. The Hall–Kier alpha value is -3.01. The summed E-state index contributed by atoms with van der Waals surface area (Å²) in [5.41, 5.74) is -0.398. The highest BCUT2D eigenvalue weighted by molar-refractivity contribution is 8.00. The van der Waals surface area contributed by atoms with Gasteiger partial charge in [-0.25, -0.2) is 18.0 Å². The van der Waals surface area contributed by atoms with Crippen molar-refractivity contribution in [2.24, 2.45) is 0 Å². The number of hydrogen-bond donors (Lipinski definition) is 1. The Kier molecular flexibility index (Phi) is 7.56. The van der Waals surface area contributed by atoms with E-state index in [1.165, 1.54) is 17.8 Å². The van der Waals surface area contributed by atoms with Crippen molar-refractivity contribution in [3.8, 4) is 0 Å². The van der Waals surface area contributed by atoms with Gasteiger partial charge in [0.2, 0.25) is 5.91 Å². The van der Waals surface area contributed by atoms with Crippen LogP contribution in [0.5, 0.6) is 0 Å². The summed E-state index contributed by atoms with van der Waals surface area (Å²) in [4.78, 5) is 38.8. The summed E-state index contributed by atoms with van der Waals surface area (Å²) >= 11 is 1.19. The van der Waals surface area contributed by atoms with Crippen LogP contribution >= 0.6 is 11.8 Å². The summed E-state index contributed by atoms with van der Waals surface area (Å²) in [5.74, 6) is -6.24. The first-order chi connectivity index (χ1) is 14.9. The SMILES string of the molecule is O=C(COC(=O)c1ccccc1SCC(=O)N1CCCC1)Nc1ccc(F)c(F)c1F. The van der Waals surface area contributed by atoms with Gasteiger partial charge in [0.05, 0.1) is 17.0 Å². The van der Waals surface area contributed by atoms with Crippen LogP contribution in [-0.2, 0) is 14.3 Å². The third kappa shape index (κ3) is 5.78. The molecule has 0 aliphatic carbocycles. The maximum Gasteiger partial charge on any atom is 0.339 e. The maximum absolute atomic E-state index is 13.6.